The molecule has 2 aromatic rings. The molecule has 3 rings (SSSR count). The summed E-state index contributed by atoms with van der Waals surface area (Å²) in [6.45, 7) is 7.55. The molecule has 0 saturated carbocycles. The molecule has 1 aliphatic rings. The number of nitrogens with one attached hydrogen (secondary N) is 1. The van der Waals surface area contributed by atoms with Crippen LogP contribution in [0.1, 0.15) is 9.88 Å². The van der Waals surface area contributed by atoms with Crippen molar-refractivity contribution < 1.29 is 0 Å². The average molecular weight is 352 g/mol. The van der Waals surface area contributed by atoms with Crippen molar-refractivity contribution in [2.45, 2.75) is 13.5 Å². The maximum atomic E-state index is 4.84. The Bertz CT molecular complexity index is 573. The summed E-state index contributed by atoms with van der Waals surface area (Å²) in [5.74, 6) is 0. The van der Waals surface area contributed by atoms with Crippen molar-refractivity contribution in [3.8, 4) is 11.3 Å². The Labute approximate surface area is 132 Å². The van der Waals surface area contributed by atoms with Crippen molar-refractivity contribution in [2.75, 3.05) is 26.2 Å². The highest BCUT2D eigenvalue weighted by atomic mass is 79.9. The summed E-state index contributed by atoms with van der Waals surface area (Å²) in [5.41, 5.74) is 2.33. The Morgan fingerprint density at radius 1 is 1.25 bits per heavy atom. The lowest BCUT2D eigenvalue weighted by Gasteiger charge is -2.26. The second-order valence-electron chi connectivity index (χ2n) is 5.05. The van der Waals surface area contributed by atoms with Crippen LogP contribution in [0.5, 0.6) is 0 Å². The third kappa shape index (κ3) is 3.28. The van der Waals surface area contributed by atoms with E-state index in [0.717, 1.165) is 42.9 Å². The molecule has 0 bridgehead atoms. The van der Waals surface area contributed by atoms with Gasteiger partial charge in [-0.3, -0.25) is 4.90 Å². The van der Waals surface area contributed by atoms with E-state index in [9.17, 15) is 0 Å². The molecule has 3 nitrogen and oxygen atoms in total. The second kappa shape index (κ2) is 6.35. The lowest BCUT2D eigenvalue weighted by molar-refractivity contribution is 0.233. The molecule has 1 saturated heterocycles. The van der Waals surface area contributed by atoms with Gasteiger partial charge in [-0.25, -0.2) is 4.98 Å². The van der Waals surface area contributed by atoms with Crippen LogP contribution < -0.4 is 5.32 Å². The van der Waals surface area contributed by atoms with Crippen LogP contribution >= 0.6 is 27.3 Å². The number of aromatic nitrogens is 1. The minimum Gasteiger partial charge on any atom is -0.314 e. The van der Waals surface area contributed by atoms with E-state index < -0.39 is 0 Å². The van der Waals surface area contributed by atoms with Crippen molar-refractivity contribution in [1.29, 1.82) is 0 Å². The average Bonchev–Trinajstić information content (AvgIpc) is 2.81. The Kier molecular flexibility index (Phi) is 4.51. The maximum absolute atomic E-state index is 4.84. The van der Waals surface area contributed by atoms with Crippen molar-refractivity contribution in [1.82, 2.24) is 15.2 Å². The molecule has 0 atom stereocenters. The van der Waals surface area contributed by atoms with Gasteiger partial charge in [-0.05, 0) is 19.1 Å². The predicted molar refractivity (Wildman–Crippen MR) is 88.1 cm³/mol. The molecule has 5 heteroatoms. The van der Waals surface area contributed by atoms with Crippen LogP contribution in [0.2, 0.25) is 0 Å². The van der Waals surface area contributed by atoms with Crippen molar-refractivity contribution in [3.05, 3.63) is 38.6 Å². The normalized spacial score (nSPS) is 16.5. The summed E-state index contributed by atoms with van der Waals surface area (Å²) in [7, 11) is 0. The molecule has 0 radical (unpaired) electrons. The lowest BCUT2D eigenvalue weighted by Crippen LogP contribution is -2.42. The summed E-state index contributed by atoms with van der Waals surface area (Å²) in [4.78, 5) is 8.62. The number of halogens is 1. The summed E-state index contributed by atoms with van der Waals surface area (Å²) < 4.78 is 1.11. The van der Waals surface area contributed by atoms with E-state index in [1.807, 2.05) is 11.3 Å². The molecule has 20 heavy (non-hydrogen) atoms. The monoisotopic (exact) mass is 351 g/mol. The van der Waals surface area contributed by atoms with E-state index in [4.69, 9.17) is 4.98 Å². The molecule has 0 aliphatic carbocycles. The zero-order chi connectivity index (χ0) is 13.9. The summed E-state index contributed by atoms with van der Waals surface area (Å²) in [6, 6.07) is 8.40. The van der Waals surface area contributed by atoms with Gasteiger partial charge in [-0.1, -0.05) is 28.1 Å². The molecule has 1 fully saturated rings. The zero-order valence-electron chi connectivity index (χ0n) is 11.5. The fourth-order valence-electron chi connectivity index (χ4n) is 2.46. The quantitative estimate of drug-likeness (QED) is 0.919. The highest BCUT2D eigenvalue weighted by Crippen LogP contribution is 2.29. The van der Waals surface area contributed by atoms with E-state index >= 15 is 0 Å². The standard InChI is InChI=1S/C15H18BrN3S/c1-11-15(12-2-4-13(16)5-3-12)18-14(20-11)10-19-8-6-17-7-9-19/h2-5,17H,6-10H2,1H3. The first-order valence-electron chi connectivity index (χ1n) is 6.88. The van der Waals surface area contributed by atoms with E-state index in [1.165, 1.54) is 15.4 Å². The van der Waals surface area contributed by atoms with Crippen molar-refractivity contribution in [3.63, 3.8) is 0 Å². The van der Waals surface area contributed by atoms with Crippen LogP contribution in [0.3, 0.4) is 0 Å². The number of aryl methyl sites for hydroxylation is 1. The molecule has 106 valence electrons. The number of nitrogens with zero attached hydrogens (tertiary/aromatic N) is 2. The highest BCUT2D eigenvalue weighted by Gasteiger charge is 2.14. The third-order valence-electron chi connectivity index (χ3n) is 3.53. The lowest BCUT2D eigenvalue weighted by atomic mass is 10.1. The number of hydrogen-bond acceptors (Lipinski definition) is 4. The van der Waals surface area contributed by atoms with Gasteiger partial charge in [0.15, 0.2) is 0 Å². The van der Waals surface area contributed by atoms with Gasteiger partial charge in [-0.15, -0.1) is 11.3 Å². The number of piperazine rings is 1. The first-order chi connectivity index (χ1) is 9.72. The fraction of sp³-hybridized carbons (Fsp3) is 0.400. The predicted octanol–water partition coefficient (Wildman–Crippen LogP) is 3.29. The van der Waals surface area contributed by atoms with Crippen LogP contribution in [0, 0.1) is 6.92 Å². The van der Waals surface area contributed by atoms with Gasteiger partial charge in [0.25, 0.3) is 0 Å². The van der Waals surface area contributed by atoms with E-state index in [2.05, 4.69) is 57.3 Å². The minimum absolute atomic E-state index is 0.976. The second-order valence-corrected chi connectivity index (χ2v) is 7.25. The van der Waals surface area contributed by atoms with Crippen LogP contribution in [-0.2, 0) is 6.54 Å². The van der Waals surface area contributed by atoms with Gasteiger partial charge in [0.2, 0.25) is 0 Å². The van der Waals surface area contributed by atoms with Crippen LogP contribution in [-0.4, -0.2) is 36.1 Å². The molecule has 1 aromatic carbocycles. The summed E-state index contributed by atoms with van der Waals surface area (Å²) in [5, 5.41) is 4.61. The van der Waals surface area contributed by atoms with Gasteiger partial charge < -0.3 is 5.32 Å². The number of benzene rings is 1. The summed E-state index contributed by atoms with van der Waals surface area (Å²) >= 11 is 5.30. The third-order valence-corrected chi connectivity index (χ3v) is 5.01. The Hall–Kier alpha value is -0.750. The SMILES string of the molecule is Cc1sc(CN2CCNCC2)nc1-c1ccc(Br)cc1. The Morgan fingerprint density at radius 3 is 2.65 bits per heavy atom. The molecular formula is C15H18BrN3S. The Morgan fingerprint density at radius 2 is 1.95 bits per heavy atom. The number of thiazole rings is 1. The van der Waals surface area contributed by atoms with Gasteiger partial charge >= 0.3 is 0 Å². The molecule has 1 aromatic heterocycles. The van der Waals surface area contributed by atoms with Gasteiger partial charge in [-0.2, -0.15) is 0 Å². The first kappa shape index (κ1) is 14.2. The molecular weight excluding hydrogens is 334 g/mol. The summed E-state index contributed by atoms with van der Waals surface area (Å²) in [6.07, 6.45) is 0. The largest absolute Gasteiger partial charge is 0.314 e. The molecule has 0 unspecified atom stereocenters. The van der Waals surface area contributed by atoms with Gasteiger partial charge in [0.05, 0.1) is 12.2 Å². The molecule has 1 aliphatic heterocycles. The van der Waals surface area contributed by atoms with Crippen LogP contribution in [0.4, 0.5) is 0 Å². The molecule has 2 heterocycles. The smallest absolute Gasteiger partial charge is 0.108 e. The minimum atomic E-state index is 0.976. The molecule has 0 amide bonds. The Balaban J connectivity index is 1.78. The van der Waals surface area contributed by atoms with Crippen LogP contribution in [0.15, 0.2) is 28.7 Å². The number of rotatable bonds is 3. The van der Waals surface area contributed by atoms with Crippen LogP contribution in [0.25, 0.3) is 11.3 Å². The first-order valence-corrected chi connectivity index (χ1v) is 8.48. The van der Waals surface area contributed by atoms with Crippen molar-refractivity contribution >= 4 is 27.3 Å². The molecule has 1 N–H and O–H groups in total. The maximum Gasteiger partial charge on any atom is 0.108 e. The van der Waals surface area contributed by atoms with E-state index in [-0.39, 0.29) is 0 Å². The fourth-order valence-corrected chi connectivity index (χ4v) is 3.72. The van der Waals surface area contributed by atoms with E-state index in [0.29, 0.717) is 0 Å². The van der Waals surface area contributed by atoms with Gasteiger partial charge in [0, 0.05) is 41.1 Å². The molecule has 0 spiro atoms. The number of hydrogen-bond donors (Lipinski definition) is 1. The topological polar surface area (TPSA) is 28.2 Å². The van der Waals surface area contributed by atoms with Crippen molar-refractivity contribution in [2.24, 2.45) is 0 Å². The van der Waals surface area contributed by atoms with Gasteiger partial charge in [0.1, 0.15) is 5.01 Å². The zero-order valence-corrected chi connectivity index (χ0v) is 13.9. The van der Waals surface area contributed by atoms with E-state index in [1.54, 1.807) is 0 Å². The highest BCUT2D eigenvalue weighted by molar-refractivity contribution is 9.10.